The number of benzene rings is 1. The number of phenolic OH excluding ortho intramolecular Hbond substituents is 1. The molecule has 1 aromatic carbocycles. The number of phenols is 1. The van der Waals surface area contributed by atoms with Gasteiger partial charge in [-0.15, -0.1) is 11.3 Å². The Morgan fingerprint density at radius 3 is 3.00 bits per heavy atom. The largest absolute Gasteiger partial charge is 0.506 e. The second-order valence-corrected chi connectivity index (χ2v) is 3.06. The lowest BCUT2D eigenvalue weighted by molar-refractivity contribution is 0.482. The van der Waals surface area contributed by atoms with Crippen molar-refractivity contribution in [2.24, 2.45) is 0 Å². The lowest BCUT2D eigenvalue weighted by Crippen LogP contribution is -1.84. The number of anilines is 1. The van der Waals surface area contributed by atoms with Gasteiger partial charge in [-0.05, 0) is 12.1 Å². The average Bonchev–Trinajstić information content (AvgIpc) is 2.45. The maximum Gasteiger partial charge on any atom is 0.135 e. The molecule has 0 unspecified atom stereocenters. The quantitative estimate of drug-likeness (QED) is 0.461. The molecular weight excluding hydrogens is 160 g/mol. The number of nitrogen functional groups attached to an aromatic ring is 1. The molecule has 56 valence electrons. The summed E-state index contributed by atoms with van der Waals surface area (Å²) < 4.78 is 0.755. The van der Waals surface area contributed by atoms with Gasteiger partial charge in [0, 0.05) is 0 Å². The molecule has 11 heavy (non-hydrogen) atoms. The van der Waals surface area contributed by atoms with E-state index in [-0.39, 0.29) is 5.75 Å². The molecule has 0 fully saturated rings. The molecule has 0 radical (unpaired) electrons. The first-order valence-electron chi connectivity index (χ1n) is 3.09. The Kier molecular flexibility index (Phi) is 1.22. The molecule has 4 heteroatoms. The number of fused-ring (bicyclic) bond motifs is 1. The summed E-state index contributed by atoms with van der Waals surface area (Å²) in [7, 11) is 0. The van der Waals surface area contributed by atoms with Gasteiger partial charge in [-0.25, -0.2) is 4.98 Å². The van der Waals surface area contributed by atoms with Crippen LogP contribution in [-0.4, -0.2) is 10.1 Å². The second kappa shape index (κ2) is 2.10. The van der Waals surface area contributed by atoms with Crippen LogP contribution in [0.4, 0.5) is 5.69 Å². The molecule has 0 saturated heterocycles. The number of nitrogens with two attached hydrogens (primary N) is 1. The molecule has 2 aromatic rings. The van der Waals surface area contributed by atoms with Crippen molar-refractivity contribution in [2.45, 2.75) is 0 Å². The van der Waals surface area contributed by atoms with E-state index in [2.05, 4.69) is 4.98 Å². The third-order valence-corrected chi connectivity index (χ3v) is 2.34. The van der Waals surface area contributed by atoms with Gasteiger partial charge in [0.25, 0.3) is 0 Å². The molecule has 0 atom stereocenters. The van der Waals surface area contributed by atoms with Gasteiger partial charge >= 0.3 is 0 Å². The van der Waals surface area contributed by atoms with Crippen molar-refractivity contribution in [1.29, 1.82) is 0 Å². The summed E-state index contributed by atoms with van der Waals surface area (Å²) in [6.07, 6.45) is 0. The van der Waals surface area contributed by atoms with E-state index in [1.807, 2.05) is 0 Å². The van der Waals surface area contributed by atoms with E-state index in [9.17, 15) is 5.11 Å². The van der Waals surface area contributed by atoms with Crippen LogP contribution in [0.5, 0.6) is 5.75 Å². The Hall–Kier alpha value is -1.29. The fraction of sp³-hybridized carbons (Fsp3) is 0. The smallest absolute Gasteiger partial charge is 0.135 e. The van der Waals surface area contributed by atoms with Crippen LogP contribution in [0, 0.1) is 0 Å². The highest BCUT2D eigenvalue weighted by Crippen LogP contribution is 2.31. The van der Waals surface area contributed by atoms with Gasteiger partial charge in [0.2, 0.25) is 0 Å². The van der Waals surface area contributed by atoms with Crippen molar-refractivity contribution in [3.05, 3.63) is 17.6 Å². The van der Waals surface area contributed by atoms with Crippen LogP contribution < -0.4 is 5.73 Å². The minimum absolute atomic E-state index is 0.247. The van der Waals surface area contributed by atoms with Gasteiger partial charge in [0.1, 0.15) is 11.3 Å². The molecule has 0 aliphatic carbocycles. The molecule has 0 amide bonds. The molecule has 0 saturated carbocycles. The zero-order chi connectivity index (χ0) is 7.84. The highest BCUT2D eigenvalue weighted by molar-refractivity contribution is 7.17. The second-order valence-electron chi connectivity index (χ2n) is 2.20. The topological polar surface area (TPSA) is 59.1 Å². The lowest BCUT2D eigenvalue weighted by atomic mass is 10.3. The highest BCUT2D eigenvalue weighted by atomic mass is 32.1. The van der Waals surface area contributed by atoms with Gasteiger partial charge in [0.05, 0.1) is 15.9 Å². The van der Waals surface area contributed by atoms with Crippen molar-refractivity contribution >= 4 is 27.2 Å². The minimum atomic E-state index is 0.247. The number of hydrogen-bond acceptors (Lipinski definition) is 4. The summed E-state index contributed by atoms with van der Waals surface area (Å²) in [5, 5.41) is 9.30. The monoisotopic (exact) mass is 166 g/mol. The van der Waals surface area contributed by atoms with Crippen molar-refractivity contribution in [2.75, 3.05) is 5.73 Å². The molecule has 3 nitrogen and oxygen atoms in total. The zero-order valence-electron chi connectivity index (χ0n) is 5.61. The van der Waals surface area contributed by atoms with Crippen LogP contribution in [-0.2, 0) is 0 Å². The Morgan fingerprint density at radius 2 is 2.27 bits per heavy atom. The standard InChI is InChI=1S/C7H6N2OS/c8-4-1-2-5(10)7-6(4)9-3-11-7/h1-3,10H,8H2. The summed E-state index contributed by atoms with van der Waals surface area (Å²) in [6, 6.07) is 3.23. The number of rotatable bonds is 0. The van der Waals surface area contributed by atoms with Crippen molar-refractivity contribution in [1.82, 2.24) is 4.98 Å². The SMILES string of the molecule is Nc1ccc(O)c2scnc12. The van der Waals surface area contributed by atoms with E-state index in [0.717, 1.165) is 4.70 Å². The summed E-state index contributed by atoms with van der Waals surface area (Å²) in [5.74, 6) is 0.247. The lowest BCUT2D eigenvalue weighted by Gasteiger charge is -1.95. The van der Waals surface area contributed by atoms with Crippen molar-refractivity contribution in [3.63, 3.8) is 0 Å². The Balaban J connectivity index is 2.96. The fourth-order valence-corrected chi connectivity index (χ4v) is 1.69. The predicted octanol–water partition coefficient (Wildman–Crippen LogP) is 1.58. The molecule has 0 aliphatic heterocycles. The Morgan fingerprint density at radius 1 is 1.45 bits per heavy atom. The average molecular weight is 166 g/mol. The first kappa shape index (κ1) is 6.42. The van der Waals surface area contributed by atoms with E-state index in [0.29, 0.717) is 11.2 Å². The van der Waals surface area contributed by atoms with Crippen LogP contribution in [0.3, 0.4) is 0 Å². The van der Waals surface area contributed by atoms with Gasteiger partial charge < -0.3 is 10.8 Å². The predicted molar refractivity (Wildman–Crippen MR) is 45.7 cm³/mol. The first-order valence-corrected chi connectivity index (χ1v) is 3.97. The maximum atomic E-state index is 9.30. The first-order chi connectivity index (χ1) is 5.29. The summed E-state index contributed by atoms with van der Waals surface area (Å²) in [5.41, 5.74) is 8.57. The normalized spacial score (nSPS) is 10.5. The van der Waals surface area contributed by atoms with E-state index < -0.39 is 0 Å². The van der Waals surface area contributed by atoms with E-state index in [4.69, 9.17) is 5.73 Å². The van der Waals surface area contributed by atoms with Crippen molar-refractivity contribution < 1.29 is 5.11 Å². The number of nitrogens with zero attached hydrogens (tertiary/aromatic N) is 1. The molecule has 3 N–H and O–H groups in total. The molecule has 0 spiro atoms. The van der Waals surface area contributed by atoms with E-state index in [1.165, 1.54) is 11.3 Å². The number of aromatic hydroxyl groups is 1. The number of aromatic nitrogens is 1. The zero-order valence-corrected chi connectivity index (χ0v) is 6.43. The van der Waals surface area contributed by atoms with Crippen LogP contribution in [0.1, 0.15) is 0 Å². The van der Waals surface area contributed by atoms with Gasteiger partial charge in [-0.3, -0.25) is 0 Å². The Labute approximate surface area is 67.1 Å². The molecule has 2 rings (SSSR count). The molecule has 1 aromatic heterocycles. The minimum Gasteiger partial charge on any atom is -0.506 e. The number of hydrogen-bond donors (Lipinski definition) is 2. The van der Waals surface area contributed by atoms with Gasteiger partial charge in [-0.1, -0.05) is 0 Å². The Bertz CT molecular complexity index is 360. The van der Waals surface area contributed by atoms with Crippen LogP contribution >= 0.6 is 11.3 Å². The molecule has 1 heterocycles. The molecular formula is C7H6N2OS. The fourth-order valence-electron chi connectivity index (χ4n) is 0.957. The van der Waals surface area contributed by atoms with Crippen LogP contribution in [0.25, 0.3) is 10.2 Å². The third kappa shape index (κ3) is 0.832. The van der Waals surface area contributed by atoms with Gasteiger partial charge in [0.15, 0.2) is 0 Å². The summed E-state index contributed by atoms with van der Waals surface area (Å²) in [4.78, 5) is 4.01. The molecule has 0 aliphatic rings. The van der Waals surface area contributed by atoms with E-state index >= 15 is 0 Å². The van der Waals surface area contributed by atoms with Crippen LogP contribution in [0.15, 0.2) is 17.6 Å². The highest BCUT2D eigenvalue weighted by Gasteiger charge is 2.04. The molecule has 0 bridgehead atoms. The van der Waals surface area contributed by atoms with E-state index in [1.54, 1.807) is 17.6 Å². The van der Waals surface area contributed by atoms with Crippen LogP contribution in [0.2, 0.25) is 0 Å². The summed E-state index contributed by atoms with van der Waals surface area (Å²) in [6.45, 7) is 0. The number of thiazole rings is 1. The third-order valence-electron chi connectivity index (χ3n) is 1.49. The van der Waals surface area contributed by atoms with Gasteiger partial charge in [-0.2, -0.15) is 0 Å². The maximum absolute atomic E-state index is 9.30. The van der Waals surface area contributed by atoms with Crippen molar-refractivity contribution in [3.8, 4) is 5.75 Å². The summed E-state index contributed by atoms with van der Waals surface area (Å²) >= 11 is 1.39.